The Labute approximate surface area is 786 Å². The summed E-state index contributed by atoms with van der Waals surface area (Å²) in [6.45, 7) is 7.09. The van der Waals surface area contributed by atoms with Crippen molar-refractivity contribution in [3.8, 4) is 0 Å². The smallest absolute Gasteiger partial charge is 0.303 e. The maximum Gasteiger partial charge on any atom is 0.303 e. The molecule has 0 spiro atoms. The highest BCUT2D eigenvalue weighted by molar-refractivity contribution is 5.67. The highest BCUT2D eigenvalue weighted by Crippen LogP contribution is 2.13. The fourth-order valence-electron chi connectivity index (χ4n) is 9.77. The van der Waals surface area contributed by atoms with Gasteiger partial charge in [0, 0.05) is 32.1 Å². The molecule has 0 fully saturated rings. The number of carbonyl (C=O) groups is 5. The highest BCUT2D eigenvalue weighted by atomic mass is 16.4. The third kappa shape index (κ3) is 181. The van der Waals surface area contributed by atoms with Gasteiger partial charge in [-0.3, -0.25) is 24.0 Å². The van der Waals surface area contributed by atoms with E-state index < -0.39 is 60.4 Å². The summed E-state index contributed by atoms with van der Waals surface area (Å²) >= 11 is 0. The minimum Gasteiger partial charge on any atom is -0.481 e. The molecule has 0 bridgehead atoms. The van der Waals surface area contributed by atoms with E-state index in [-0.39, 0.29) is 66.1 Å². The van der Waals surface area contributed by atoms with Crippen molar-refractivity contribution in [1.29, 1.82) is 0 Å². The molecule has 0 heterocycles. The first kappa shape index (κ1) is 143. The molecular weight excluding hydrogens is 1660 g/mol. The Morgan fingerprint density at radius 3 is 0.362 bits per heavy atom. The summed E-state index contributed by atoms with van der Waals surface area (Å²) in [5.41, 5.74) is 0. The molecule has 0 radical (unpaired) electrons. The van der Waals surface area contributed by atoms with Crippen LogP contribution >= 0.6 is 0 Å². The maximum absolute atomic E-state index is 10.3. The van der Waals surface area contributed by atoms with Crippen LogP contribution in [0.3, 0.4) is 0 Å². The van der Waals surface area contributed by atoms with Crippen LogP contribution in [0.5, 0.6) is 0 Å². The molecule has 0 aliphatic heterocycles. The van der Waals surface area contributed by atoms with Crippen LogP contribution in [0.15, 0.2) is 182 Å². The third-order valence-electron chi connectivity index (χ3n) is 17.3. The number of unbranched alkanes of at least 4 members (excludes halogenated alkanes) is 25. The fraction of sp³-hybridized carbons (Fsp3) is 0.667. The molecular formula is C105H190O25. The Morgan fingerprint density at radius 2 is 0.262 bits per heavy atom. The quantitative estimate of drug-likeness (QED) is 0.0199. The SMILES string of the molecule is CC/C=C\C/C=C\C/C=C\CCCCCCCC(=O)O.CC/C=C\C/C=C\C/C=C\CCCCCCCC(=O)O.CC/C=C\C/C=C\C/C=C\CCCCCCCC(=O)O.CC/C=C\C/C=C\C/C=C\CCCCCCCC(=O)O.CC/C=C\C/C=C\C/C=C\CCCCCCCC(=O)O.OCC(O)CO.OCC(O)CO.OCC(O)CO.OCC(O)CO.OCC(O)CO. The van der Waals surface area contributed by atoms with Crippen LogP contribution in [0, 0.1) is 0 Å². The third-order valence-corrected chi connectivity index (χ3v) is 17.3. The summed E-state index contributed by atoms with van der Waals surface area (Å²) in [5.74, 6) is -3.37. The molecule has 0 aliphatic carbocycles. The van der Waals surface area contributed by atoms with Gasteiger partial charge in [0.15, 0.2) is 0 Å². The second kappa shape index (κ2) is 140. The summed E-state index contributed by atoms with van der Waals surface area (Å²) in [7, 11) is 0. The van der Waals surface area contributed by atoms with Gasteiger partial charge in [0.25, 0.3) is 0 Å². The lowest BCUT2D eigenvalue weighted by Crippen LogP contribution is -2.15. The lowest BCUT2D eigenvalue weighted by Gasteiger charge is -1.98. The number of rotatable bonds is 75. The van der Waals surface area contributed by atoms with Crippen molar-refractivity contribution >= 4 is 29.8 Å². The average molecular weight is 1850 g/mol. The van der Waals surface area contributed by atoms with Gasteiger partial charge in [0.2, 0.25) is 0 Å². The van der Waals surface area contributed by atoms with E-state index in [1.54, 1.807) is 0 Å². The van der Waals surface area contributed by atoms with Crippen LogP contribution in [0.1, 0.15) is 356 Å². The first-order chi connectivity index (χ1) is 62.9. The van der Waals surface area contributed by atoms with Gasteiger partial charge in [-0.2, -0.15) is 0 Å². The fourth-order valence-corrected chi connectivity index (χ4v) is 9.77. The predicted molar refractivity (Wildman–Crippen MR) is 535 cm³/mol. The number of allylic oxidation sites excluding steroid dienone is 30. The first-order valence-corrected chi connectivity index (χ1v) is 48.2. The maximum atomic E-state index is 10.3. The molecule has 0 unspecified atom stereocenters. The minimum atomic E-state index is -0.954. The normalized spacial score (nSPS) is 11.6. The van der Waals surface area contributed by atoms with E-state index in [9.17, 15) is 24.0 Å². The summed E-state index contributed by atoms with van der Waals surface area (Å²) in [4.78, 5) is 51.6. The van der Waals surface area contributed by atoms with Gasteiger partial charge >= 0.3 is 29.8 Å². The molecule has 25 heteroatoms. The molecule has 0 amide bonds. The van der Waals surface area contributed by atoms with Crippen molar-refractivity contribution in [2.45, 2.75) is 386 Å². The molecule has 0 aromatic rings. The summed E-state index contributed by atoms with van der Waals surface area (Å²) in [5, 5.41) is 163. The van der Waals surface area contributed by atoms with Crippen LogP contribution in [-0.2, 0) is 24.0 Å². The highest BCUT2D eigenvalue weighted by Gasteiger charge is 2.02. The minimum absolute atomic E-state index is 0.319. The van der Waals surface area contributed by atoms with Gasteiger partial charge in [-0.15, -0.1) is 0 Å². The lowest BCUT2D eigenvalue weighted by molar-refractivity contribution is -0.138. The second-order valence-corrected chi connectivity index (χ2v) is 30.1. The van der Waals surface area contributed by atoms with Crippen molar-refractivity contribution in [2.24, 2.45) is 0 Å². The largest absolute Gasteiger partial charge is 0.481 e. The van der Waals surface area contributed by atoms with Crippen molar-refractivity contribution in [3.63, 3.8) is 0 Å². The van der Waals surface area contributed by atoms with Crippen molar-refractivity contribution in [1.82, 2.24) is 0 Å². The summed E-state index contributed by atoms with van der Waals surface area (Å²) in [6, 6.07) is 0. The van der Waals surface area contributed by atoms with Gasteiger partial charge in [-0.1, -0.05) is 313 Å². The zero-order valence-electron chi connectivity index (χ0n) is 81.1. The molecule has 0 saturated heterocycles. The van der Waals surface area contributed by atoms with E-state index in [0.717, 1.165) is 225 Å². The van der Waals surface area contributed by atoms with Gasteiger partial charge in [-0.05, 0) is 193 Å². The summed E-state index contributed by atoms with van der Waals surface area (Å²) < 4.78 is 0. The Bertz CT molecular complexity index is 2270. The Morgan fingerprint density at radius 1 is 0.162 bits per heavy atom. The average Bonchev–Trinajstić information content (AvgIpc) is 1.11. The van der Waals surface area contributed by atoms with E-state index in [1.165, 1.54) is 64.2 Å². The lowest BCUT2D eigenvalue weighted by atomic mass is 10.1. The molecule has 760 valence electrons. The second-order valence-electron chi connectivity index (χ2n) is 30.1. The topological polar surface area (TPSA) is 490 Å². The Balaban J connectivity index is -0.000000160. The van der Waals surface area contributed by atoms with Crippen LogP contribution in [-0.4, -0.2) is 229 Å². The molecule has 0 atom stereocenters. The zero-order valence-corrected chi connectivity index (χ0v) is 81.1. The molecule has 0 aromatic heterocycles. The predicted octanol–water partition coefficient (Wildman–Crippen LogP) is 20.0. The molecule has 0 rings (SSSR count). The van der Waals surface area contributed by atoms with Gasteiger partial charge in [0.05, 0.1) is 66.1 Å². The molecule has 0 saturated carbocycles. The Kier molecular flexibility index (Phi) is 154. The van der Waals surface area contributed by atoms with E-state index in [0.29, 0.717) is 32.1 Å². The van der Waals surface area contributed by atoms with E-state index in [1.807, 2.05) is 0 Å². The molecule has 20 N–H and O–H groups in total. The molecule has 0 aliphatic rings. The molecule has 25 nitrogen and oxygen atoms in total. The van der Waals surface area contributed by atoms with Crippen molar-refractivity contribution in [3.05, 3.63) is 182 Å². The number of carboxylic acids is 5. The Hall–Kier alpha value is -7.15. The van der Waals surface area contributed by atoms with Crippen molar-refractivity contribution in [2.75, 3.05) is 66.1 Å². The molecule has 130 heavy (non-hydrogen) atoms. The standard InChI is InChI=1S/5C18H30O2.5C3H8O3/c5*1-2-3-4-5-6-7-8-9-10-11-12-13-14-15-16-17-18(19)20;5*4-1-3(6)2-5/h5*3-4,6-7,9-10H,2,5,8,11-17H2,1H3,(H,19,20);5*3-6H,1-2H2/b5*4-3-,7-6-,10-9-;;;;;. The van der Waals surface area contributed by atoms with Crippen LogP contribution in [0.4, 0.5) is 0 Å². The first-order valence-electron chi connectivity index (χ1n) is 48.2. The zero-order chi connectivity index (χ0) is 99.4. The molecule has 0 aromatic carbocycles. The van der Waals surface area contributed by atoms with Gasteiger partial charge < -0.3 is 102 Å². The van der Waals surface area contributed by atoms with Gasteiger partial charge in [0.1, 0.15) is 30.5 Å². The van der Waals surface area contributed by atoms with Crippen molar-refractivity contribution < 1.29 is 126 Å². The number of aliphatic hydroxyl groups excluding tert-OH is 15. The summed E-state index contributed by atoms with van der Waals surface area (Å²) in [6.07, 6.45) is 112. The van der Waals surface area contributed by atoms with Crippen LogP contribution in [0.2, 0.25) is 0 Å². The van der Waals surface area contributed by atoms with Crippen LogP contribution < -0.4 is 0 Å². The number of hydrogen-bond acceptors (Lipinski definition) is 20. The van der Waals surface area contributed by atoms with E-state index in [2.05, 4.69) is 217 Å². The van der Waals surface area contributed by atoms with Crippen LogP contribution in [0.25, 0.3) is 0 Å². The number of hydrogen-bond donors (Lipinski definition) is 20. The number of carboxylic acid groups (broad SMARTS) is 5. The van der Waals surface area contributed by atoms with Gasteiger partial charge in [-0.25, -0.2) is 0 Å². The number of aliphatic hydroxyl groups is 15. The number of aliphatic carboxylic acids is 5. The van der Waals surface area contributed by atoms with E-state index >= 15 is 0 Å². The monoisotopic (exact) mass is 1850 g/mol. The van der Waals surface area contributed by atoms with E-state index in [4.69, 9.17) is 102 Å².